The van der Waals surface area contributed by atoms with Crippen molar-refractivity contribution in [1.29, 1.82) is 0 Å². The zero-order valence-electron chi connectivity index (χ0n) is 9.76. The largest absolute Gasteiger partial charge is 0.307 e. The van der Waals surface area contributed by atoms with E-state index < -0.39 is 11.6 Å². The SMILES string of the molecule is Fc1ccc(C2CC3CCCCC3N2)cc1F. The smallest absolute Gasteiger partial charge is 0.159 e. The van der Waals surface area contributed by atoms with Crippen molar-refractivity contribution in [3.63, 3.8) is 0 Å². The van der Waals surface area contributed by atoms with Crippen molar-refractivity contribution in [1.82, 2.24) is 5.32 Å². The highest BCUT2D eigenvalue weighted by Crippen LogP contribution is 2.39. The van der Waals surface area contributed by atoms with Gasteiger partial charge >= 0.3 is 0 Å². The van der Waals surface area contributed by atoms with E-state index >= 15 is 0 Å². The van der Waals surface area contributed by atoms with E-state index in [-0.39, 0.29) is 6.04 Å². The van der Waals surface area contributed by atoms with E-state index in [1.807, 2.05) is 0 Å². The zero-order valence-corrected chi connectivity index (χ0v) is 9.76. The van der Waals surface area contributed by atoms with Crippen LogP contribution < -0.4 is 5.32 Å². The van der Waals surface area contributed by atoms with Gasteiger partial charge in [-0.05, 0) is 42.9 Å². The molecule has 1 aliphatic carbocycles. The van der Waals surface area contributed by atoms with Gasteiger partial charge < -0.3 is 5.32 Å². The predicted molar refractivity (Wildman–Crippen MR) is 62.6 cm³/mol. The first kappa shape index (κ1) is 11.1. The maximum atomic E-state index is 13.2. The summed E-state index contributed by atoms with van der Waals surface area (Å²) in [5, 5.41) is 3.57. The molecule has 0 radical (unpaired) electrons. The lowest BCUT2D eigenvalue weighted by atomic mass is 9.84. The summed E-state index contributed by atoms with van der Waals surface area (Å²) in [6, 6.07) is 5.06. The second-order valence-electron chi connectivity index (χ2n) is 5.28. The number of hydrogen-bond donors (Lipinski definition) is 1. The molecule has 3 heteroatoms. The van der Waals surface area contributed by atoms with Gasteiger partial charge in [-0.25, -0.2) is 8.78 Å². The van der Waals surface area contributed by atoms with Crippen LogP contribution >= 0.6 is 0 Å². The molecule has 1 saturated carbocycles. The van der Waals surface area contributed by atoms with Gasteiger partial charge in [-0.3, -0.25) is 0 Å². The van der Waals surface area contributed by atoms with Crippen molar-refractivity contribution in [3.8, 4) is 0 Å². The Hall–Kier alpha value is -0.960. The number of hydrogen-bond acceptors (Lipinski definition) is 1. The fourth-order valence-electron chi connectivity index (χ4n) is 3.30. The Labute approximate surface area is 100 Å². The van der Waals surface area contributed by atoms with E-state index in [0.29, 0.717) is 6.04 Å². The summed E-state index contributed by atoms with van der Waals surface area (Å²) in [4.78, 5) is 0. The lowest BCUT2D eigenvalue weighted by Gasteiger charge is -2.24. The van der Waals surface area contributed by atoms with Crippen LogP contribution in [0.1, 0.15) is 43.7 Å². The number of benzene rings is 1. The average molecular weight is 237 g/mol. The van der Waals surface area contributed by atoms with Gasteiger partial charge in [0, 0.05) is 12.1 Å². The molecular formula is C14H17F2N. The van der Waals surface area contributed by atoms with Gasteiger partial charge in [0.1, 0.15) is 0 Å². The van der Waals surface area contributed by atoms with Crippen LogP contribution in [0.4, 0.5) is 8.78 Å². The summed E-state index contributed by atoms with van der Waals surface area (Å²) in [7, 11) is 0. The Balaban J connectivity index is 1.79. The fraction of sp³-hybridized carbons (Fsp3) is 0.571. The first-order valence-electron chi connectivity index (χ1n) is 6.45. The van der Waals surface area contributed by atoms with Crippen LogP contribution in [-0.4, -0.2) is 6.04 Å². The predicted octanol–water partition coefficient (Wildman–Crippen LogP) is 3.56. The minimum atomic E-state index is -0.760. The van der Waals surface area contributed by atoms with Crippen LogP contribution in [0.2, 0.25) is 0 Å². The normalized spacial score (nSPS) is 32.5. The molecule has 3 atom stereocenters. The van der Waals surface area contributed by atoms with E-state index in [1.165, 1.54) is 37.8 Å². The van der Waals surface area contributed by atoms with E-state index in [1.54, 1.807) is 6.07 Å². The lowest BCUT2D eigenvalue weighted by Crippen LogP contribution is -2.30. The molecule has 2 fully saturated rings. The van der Waals surface area contributed by atoms with Crippen LogP contribution in [0.25, 0.3) is 0 Å². The van der Waals surface area contributed by atoms with Crippen molar-refractivity contribution < 1.29 is 8.78 Å². The molecule has 17 heavy (non-hydrogen) atoms. The Morgan fingerprint density at radius 1 is 1.06 bits per heavy atom. The molecule has 3 rings (SSSR count). The lowest BCUT2D eigenvalue weighted by molar-refractivity contribution is 0.325. The number of nitrogens with one attached hydrogen (secondary N) is 1. The molecule has 2 aliphatic rings. The molecule has 0 amide bonds. The molecule has 92 valence electrons. The van der Waals surface area contributed by atoms with E-state index in [2.05, 4.69) is 5.32 Å². The molecule has 0 aromatic heterocycles. The summed E-state index contributed by atoms with van der Waals surface area (Å²) in [6.45, 7) is 0. The summed E-state index contributed by atoms with van der Waals surface area (Å²) in [6.07, 6.45) is 6.17. The van der Waals surface area contributed by atoms with E-state index in [0.717, 1.165) is 17.9 Å². The van der Waals surface area contributed by atoms with Crippen LogP contribution in [0.5, 0.6) is 0 Å². The van der Waals surface area contributed by atoms with Gasteiger partial charge in [0.25, 0.3) is 0 Å². The molecule has 0 bridgehead atoms. The van der Waals surface area contributed by atoms with E-state index in [9.17, 15) is 8.78 Å². The second kappa shape index (κ2) is 4.37. The average Bonchev–Trinajstić information content (AvgIpc) is 2.76. The first-order valence-corrected chi connectivity index (χ1v) is 6.45. The van der Waals surface area contributed by atoms with Gasteiger partial charge in [-0.2, -0.15) is 0 Å². The Bertz CT molecular complexity index is 405. The molecular weight excluding hydrogens is 220 g/mol. The van der Waals surface area contributed by atoms with Crippen molar-refractivity contribution in [2.75, 3.05) is 0 Å². The topological polar surface area (TPSA) is 12.0 Å². The molecule has 3 unspecified atom stereocenters. The van der Waals surface area contributed by atoms with Gasteiger partial charge in [0.05, 0.1) is 0 Å². The maximum Gasteiger partial charge on any atom is 0.159 e. The third kappa shape index (κ3) is 2.08. The highest BCUT2D eigenvalue weighted by atomic mass is 19.2. The Morgan fingerprint density at radius 3 is 2.65 bits per heavy atom. The molecule has 1 aliphatic heterocycles. The third-order valence-electron chi connectivity index (χ3n) is 4.21. The molecule has 1 N–H and O–H groups in total. The standard InChI is InChI=1S/C14H17F2N/c15-11-6-5-10(7-12(11)16)14-8-9-3-1-2-4-13(9)17-14/h5-7,9,13-14,17H,1-4,8H2. The quantitative estimate of drug-likeness (QED) is 0.787. The van der Waals surface area contributed by atoms with Crippen molar-refractivity contribution in [3.05, 3.63) is 35.4 Å². The second-order valence-corrected chi connectivity index (χ2v) is 5.28. The molecule has 1 heterocycles. The van der Waals surface area contributed by atoms with Crippen molar-refractivity contribution in [2.45, 2.75) is 44.2 Å². The highest BCUT2D eigenvalue weighted by molar-refractivity contribution is 5.23. The minimum Gasteiger partial charge on any atom is -0.307 e. The monoisotopic (exact) mass is 237 g/mol. The minimum absolute atomic E-state index is 0.207. The summed E-state index contributed by atoms with van der Waals surface area (Å²) >= 11 is 0. The summed E-state index contributed by atoms with van der Waals surface area (Å²) < 4.78 is 26.1. The molecule has 1 saturated heterocycles. The zero-order chi connectivity index (χ0) is 11.8. The number of rotatable bonds is 1. The Kier molecular flexibility index (Phi) is 2.87. The van der Waals surface area contributed by atoms with Crippen LogP contribution in [0.3, 0.4) is 0 Å². The van der Waals surface area contributed by atoms with Crippen LogP contribution in [-0.2, 0) is 0 Å². The third-order valence-corrected chi connectivity index (χ3v) is 4.21. The van der Waals surface area contributed by atoms with E-state index in [4.69, 9.17) is 0 Å². The van der Waals surface area contributed by atoms with Crippen molar-refractivity contribution in [2.24, 2.45) is 5.92 Å². The molecule has 0 spiro atoms. The molecule has 1 aromatic carbocycles. The van der Waals surface area contributed by atoms with Crippen LogP contribution in [0.15, 0.2) is 18.2 Å². The van der Waals surface area contributed by atoms with Gasteiger partial charge in [0.15, 0.2) is 11.6 Å². The fourth-order valence-corrected chi connectivity index (χ4v) is 3.30. The van der Waals surface area contributed by atoms with Gasteiger partial charge in [0.2, 0.25) is 0 Å². The summed E-state index contributed by atoms with van der Waals surface area (Å²) in [5.41, 5.74) is 0.887. The van der Waals surface area contributed by atoms with Crippen molar-refractivity contribution >= 4 is 0 Å². The Morgan fingerprint density at radius 2 is 1.88 bits per heavy atom. The summed E-state index contributed by atoms with van der Waals surface area (Å²) in [5.74, 6) is -0.773. The molecule has 1 nitrogen and oxygen atoms in total. The molecule has 1 aromatic rings. The van der Waals surface area contributed by atoms with Gasteiger partial charge in [-0.1, -0.05) is 18.9 Å². The first-order chi connectivity index (χ1) is 8.24. The number of fused-ring (bicyclic) bond motifs is 1. The van der Waals surface area contributed by atoms with Crippen LogP contribution in [0, 0.1) is 17.6 Å². The van der Waals surface area contributed by atoms with Gasteiger partial charge in [-0.15, -0.1) is 0 Å². The highest BCUT2D eigenvalue weighted by Gasteiger charge is 2.35. The maximum absolute atomic E-state index is 13.2. The number of halogens is 2.